The van der Waals surface area contributed by atoms with E-state index >= 15 is 0 Å². The van der Waals surface area contributed by atoms with Crippen molar-refractivity contribution < 1.29 is 0 Å². The van der Waals surface area contributed by atoms with Crippen molar-refractivity contribution in [2.75, 3.05) is 0 Å². The first-order chi connectivity index (χ1) is 20.2. The fraction of sp³-hybridized carbons (Fsp3) is 0.220. The van der Waals surface area contributed by atoms with Crippen LogP contribution in [0.15, 0.2) is 121 Å². The monoisotopic (exact) mass is 530 g/mol. The Morgan fingerprint density at radius 3 is 1.24 bits per heavy atom. The second-order valence-corrected chi connectivity index (χ2v) is 11.9. The van der Waals surface area contributed by atoms with E-state index in [-0.39, 0.29) is 5.41 Å². The van der Waals surface area contributed by atoms with E-state index in [1.807, 2.05) is 0 Å². The Labute approximate surface area is 244 Å². The van der Waals surface area contributed by atoms with Crippen molar-refractivity contribution >= 4 is 21.5 Å². The summed E-state index contributed by atoms with van der Waals surface area (Å²) in [7, 11) is 0. The summed E-state index contributed by atoms with van der Waals surface area (Å²) in [5.41, 5.74) is 11.3. The van der Waals surface area contributed by atoms with Gasteiger partial charge in [0.15, 0.2) is 0 Å². The van der Waals surface area contributed by atoms with Crippen molar-refractivity contribution in [2.24, 2.45) is 0 Å². The minimum atomic E-state index is 0.0520. The first kappa shape index (κ1) is 25.8. The molecule has 0 fully saturated rings. The highest BCUT2D eigenvalue weighted by atomic mass is 14.4. The third-order valence-electron chi connectivity index (χ3n) is 9.44. The van der Waals surface area contributed by atoms with Crippen molar-refractivity contribution in [3.05, 3.63) is 132 Å². The third-order valence-corrected chi connectivity index (χ3v) is 9.44. The van der Waals surface area contributed by atoms with E-state index in [2.05, 4.69) is 135 Å². The Balaban J connectivity index is 1.39. The summed E-state index contributed by atoms with van der Waals surface area (Å²) in [6.07, 6.45) is 7.31. The highest BCUT2D eigenvalue weighted by Gasteiger charge is 2.42. The Kier molecular flexibility index (Phi) is 6.71. The van der Waals surface area contributed by atoms with Crippen molar-refractivity contribution in [2.45, 2.75) is 57.8 Å². The standard InChI is InChI=1S/C41H38/c1-3-5-23-41(24-6-4-2)39-27-35(33-17-15-29-11-7-9-13-31(29)25-33)19-21-37(39)38-22-20-36(28-40(38)41)34-18-16-30-12-8-10-14-32(30)26-34/h7-22,25-28H,3-6,23-24H2,1-2H3. The Bertz CT molecular complexity index is 1730. The average Bonchev–Trinajstić information content (AvgIpc) is 3.30. The van der Waals surface area contributed by atoms with E-state index in [0.29, 0.717) is 0 Å². The summed E-state index contributed by atoms with van der Waals surface area (Å²) in [5, 5.41) is 5.20. The minimum Gasteiger partial charge on any atom is -0.0654 e. The molecule has 0 unspecified atom stereocenters. The predicted octanol–water partition coefficient (Wildman–Crippen LogP) is 12.0. The van der Waals surface area contributed by atoms with Crippen molar-refractivity contribution in [3.8, 4) is 33.4 Å². The zero-order valence-corrected chi connectivity index (χ0v) is 24.3. The van der Waals surface area contributed by atoms with Gasteiger partial charge < -0.3 is 0 Å². The van der Waals surface area contributed by atoms with Gasteiger partial charge in [-0.15, -0.1) is 0 Å². The molecule has 41 heavy (non-hydrogen) atoms. The lowest BCUT2D eigenvalue weighted by Gasteiger charge is -2.33. The molecule has 202 valence electrons. The molecule has 6 aromatic carbocycles. The fourth-order valence-corrected chi connectivity index (χ4v) is 7.21. The molecule has 0 N–H and O–H groups in total. The van der Waals surface area contributed by atoms with Crippen LogP contribution in [0.2, 0.25) is 0 Å². The number of hydrogen-bond acceptors (Lipinski definition) is 0. The van der Waals surface area contributed by atoms with Crippen LogP contribution in [0, 0.1) is 0 Å². The second kappa shape index (κ2) is 10.7. The van der Waals surface area contributed by atoms with Crippen molar-refractivity contribution in [1.29, 1.82) is 0 Å². The highest BCUT2D eigenvalue weighted by Crippen LogP contribution is 2.55. The van der Waals surface area contributed by atoms with Gasteiger partial charge in [-0.2, -0.15) is 0 Å². The molecule has 0 nitrogen and oxygen atoms in total. The summed E-state index contributed by atoms with van der Waals surface area (Å²) in [6, 6.07) is 45.8. The molecule has 6 aromatic rings. The summed E-state index contributed by atoms with van der Waals surface area (Å²) in [4.78, 5) is 0. The molecule has 0 aromatic heterocycles. The van der Waals surface area contributed by atoms with E-state index in [1.165, 1.54) is 105 Å². The highest BCUT2D eigenvalue weighted by molar-refractivity contribution is 5.91. The summed E-state index contributed by atoms with van der Waals surface area (Å²) >= 11 is 0. The molecule has 0 heterocycles. The van der Waals surface area contributed by atoms with Gasteiger partial charge in [0, 0.05) is 5.41 Å². The number of unbranched alkanes of at least 4 members (excludes halogenated alkanes) is 2. The topological polar surface area (TPSA) is 0 Å². The van der Waals surface area contributed by atoms with Gasteiger partial charge in [0.25, 0.3) is 0 Å². The molecule has 0 atom stereocenters. The number of fused-ring (bicyclic) bond motifs is 5. The van der Waals surface area contributed by atoms with Gasteiger partial charge in [0.1, 0.15) is 0 Å². The molecule has 0 aliphatic heterocycles. The van der Waals surface area contributed by atoms with Gasteiger partial charge in [0.2, 0.25) is 0 Å². The minimum absolute atomic E-state index is 0.0520. The summed E-state index contributed by atoms with van der Waals surface area (Å²) in [5.74, 6) is 0. The van der Waals surface area contributed by atoms with E-state index in [9.17, 15) is 0 Å². The molecule has 0 bridgehead atoms. The lowest BCUT2D eigenvalue weighted by atomic mass is 9.70. The van der Waals surface area contributed by atoms with Gasteiger partial charge in [-0.25, -0.2) is 0 Å². The third kappa shape index (κ3) is 4.47. The first-order valence-corrected chi connectivity index (χ1v) is 15.5. The smallest absolute Gasteiger partial charge is 0.0215 e. The van der Waals surface area contributed by atoms with Gasteiger partial charge in [0.05, 0.1) is 0 Å². The van der Waals surface area contributed by atoms with Crippen LogP contribution >= 0.6 is 0 Å². The molecule has 7 rings (SSSR count). The van der Waals surface area contributed by atoms with Gasteiger partial charge in [-0.3, -0.25) is 0 Å². The molecule has 0 heteroatoms. The number of rotatable bonds is 8. The van der Waals surface area contributed by atoms with Crippen LogP contribution in [0.25, 0.3) is 54.9 Å². The maximum absolute atomic E-state index is 2.54. The molecule has 0 spiro atoms. The molecular weight excluding hydrogens is 492 g/mol. The predicted molar refractivity (Wildman–Crippen MR) is 178 cm³/mol. The van der Waals surface area contributed by atoms with E-state index in [1.54, 1.807) is 0 Å². The van der Waals surface area contributed by atoms with Crippen LogP contribution in [0.3, 0.4) is 0 Å². The molecule has 1 aliphatic carbocycles. The van der Waals surface area contributed by atoms with Gasteiger partial charge in [-0.1, -0.05) is 137 Å². The van der Waals surface area contributed by atoms with Crippen LogP contribution in [0.5, 0.6) is 0 Å². The SMILES string of the molecule is CCCCC1(CCCC)c2cc(-c3ccc4ccccc4c3)ccc2-c2ccc(-c3ccc4ccccc4c3)cc21. The zero-order valence-electron chi connectivity index (χ0n) is 24.3. The normalized spacial score (nSPS) is 13.4. The van der Waals surface area contributed by atoms with Gasteiger partial charge >= 0.3 is 0 Å². The van der Waals surface area contributed by atoms with Crippen LogP contribution in [-0.4, -0.2) is 0 Å². The Morgan fingerprint density at radius 1 is 0.415 bits per heavy atom. The second-order valence-electron chi connectivity index (χ2n) is 11.9. The Morgan fingerprint density at radius 2 is 0.805 bits per heavy atom. The van der Waals surface area contributed by atoms with Crippen molar-refractivity contribution in [3.63, 3.8) is 0 Å². The van der Waals surface area contributed by atoms with Crippen LogP contribution in [0.1, 0.15) is 63.5 Å². The molecule has 0 saturated carbocycles. The lowest BCUT2D eigenvalue weighted by molar-refractivity contribution is 0.414. The molecular formula is C41H38. The lowest BCUT2D eigenvalue weighted by Crippen LogP contribution is -2.25. The van der Waals surface area contributed by atoms with Crippen LogP contribution in [0.4, 0.5) is 0 Å². The van der Waals surface area contributed by atoms with Gasteiger partial charge in [-0.05, 0) is 103 Å². The maximum Gasteiger partial charge on any atom is 0.0215 e. The summed E-state index contributed by atoms with van der Waals surface area (Å²) in [6.45, 7) is 4.67. The number of benzene rings is 6. The fourth-order valence-electron chi connectivity index (χ4n) is 7.21. The quantitative estimate of drug-likeness (QED) is 0.184. The maximum atomic E-state index is 2.54. The number of hydrogen-bond donors (Lipinski definition) is 0. The molecule has 0 radical (unpaired) electrons. The van der Waals surface area contributed by atoms with E-state index in [0.717, 1.165) is 0 Å². The van der Waals surface area contributed by atoms with Crippen molar-refractivity contribution in [1.82, 2.24) is 0 Å². The first-order valence-electron chi connectivity index (χ1n) is 15.5. The molecule has 0 amide bonds. The Hall–Kier alpha value is -4.16. The van der Waals surface area contributed by atoms with Crippen LogP contribution in [-0.2, 0) is 5.41 Å². The largest absolute Gasteiger partial charge is 0.0654 e. The molecule has 1 aliphatic rings. The van der Waals surface area contributed by atoms with E-state index < -0.39 is 0 Å². The van der Waals surface area contributed by atoms with Crippen LogP contribution < -0.4 is 0 Å². The average molecular weight is 531 g/mol. The van der Waals surface area contributed by atoms with E-state index in [4.69, 9.17) is 0 Å². The molecule has 0 saturated heterocycles. The summed E-state index contributed by atoms with van der Waals surface area (Å²) < 4.78 is 0. The zero-order chi connectivity index (χ0) is 27.8.